The summed E-state index contributed by atoms with van der Waals surface area (Å²) in [6.45, 7) is 0.383. The molecule has 19 heavy (non-hydrogen) atoms. The van der Waals surface area contributed by atoms with E-state index in [2.05, 4.69) is 5.32 Å². The summed E-state index contributed by atoms with van der Waals surface area (Å²) in [6.07, 6.45) is 0. The molecule has 1 rings (SSSR count). The largest absolute Gasteiger partial charge is 0.394 e. The molecule has 1 amide bonds. The van der Waals surface area contributed by atoms with Crippen LogP contribution >= 0.6 is 11.6 Å². The number of carbonyl (C=O) groups is 1. The molecule has 0 spiro atoms. The highest BCUT2D eigenvalue weighted by Gasteiger charge is 2.28. The van der Waals surface area contributed by atoms with E-state index in [1.807, 2.05) is 0 Å². The van der Waals surface area contributed by atoms with Crippen LogP contribution in [0.3, 0.4) is 0 Å². The summed E-state index contributed by atoms with van der Waals surface area (Å²) >= 11 is 5.70. The molecule has 0 unspecified atom stereocenters. The van der Waals surface area contributed by atoms with Gasteiger partial charge in [-0.05, 0) is 19.1 Å². The van der Waals surface area contributed by atoms with E-state index in [0.29, 0.717) is 0 Å². The van der Waals surface area contributed by atoms with E-state index in [4.69, 9.17) is 21.8 Å². The summed E-state index contributed by atoms with van der Waals surface area (Å²) in [7, 11) is 0. The molecule has 3 N–H and O–H groups in total. The Labute approximate surface area is 114 Å². The molecule has 1 aromatic carbocycles. The lowest BCUT2D eigenvalue weighted by atomic mass is 10.0. The molecule has 0 bridgehead atoms. The second-order valence-electron chi connectivity index (χ2n) is 4.25. The Bertz CT molecular complexity index is 502. The molecule has 0 fully saturated rings. The first kappa shape index (κ1) is 15.4. The van der Waals surface area contributed by atoms with Gasteiger partial charge in [0.2, 0.25) is 0 Å². The molecular formula is C11H13ClN2O5. The van der Waals surface area contributed by atoms with Gasteiger partial charge in [0, 0.05) is 11.1 Å². The summed E-state index contributed by atoms with van der Waals surface area (Å²) in [4.78, 5) is 22.1. The molecule has 1 aromatic rings. The summed E-state index contributed by atoms with van der Waals surface area (Å²) in [6, 6.07) is 3.57. The summed E-state index contributed by atoms with van der Waals surface area (Å²) in [5.74, 6) is -0.792. The standard InChI is InChI=1S/C11H13ClN2O5/c1-11(5-15,6-16)13-10(17)8-4-7(12)2-3-9(8)14(18)19/h2-4,15-16H,5-6H2,1H3,(H,13,17). The van der Waals surface area contributed by atoms with Crippen molar-refractivity contribution in [2.45, 2.75) is 12.5 Å². The van der Waals surface area contributed by atoms with Gasteiger partial charge in [0.1, 0.15) is 5.56 Å². The van der Waals surface area contributed by atoms with Crippen LogP contribution in [0.4, 0.5) is 5.69 Å². The highest BCUT2D eigenvalue weighted by Crippen LogP contribution is 2.23. The van der Waals surface area contributed by atoms with Crippen molar-refractivity contribution < 1.29 is 19.9 Å². The molecule has 0 radical (unpaired) electrons. The first-order valence-electron chi connectivity index (χ1n) is 5.31. The van der Waals surface area contributed by atoms with E-state index in [0.717, 1.165) is 12.1 Å². The quantitative estimate of drug-likeness (QED) is 0.546. The molecule has 0 atom stereocenters. The lowest BCUT2D eigenvalue weighted by Crippen LogP contribution is -2.51. The maximum absolute atomic E-state index is 12.0. The van der Waals surface area contributed by atoms with Gasteiger partial charge in [-0.2, -0.15) is 0 Å². The van der Waals surface area contributed by atoms with Crippen LogP contribution in [-0.4, -0.2) is 39.8 Å². The summed E-state index contributed by atoms with van der Waals surface area (Å²) < 4.78 is 0. The average Bonchev–Trinajstić information content (AvgIpc) is 2.38. The topological polar surface area (TPSA) is 113 Å². The zero-order chi connectivity index (χ0) is 14.6. The van der Waals surface area contributed by atoms with Gasteiger partial charge in [-0.1, -0.05) is 11.6 Å². The van der Waals surface area contributed by atoms with Crippen LogP contribution in [-0.2, 0) is 0 Å². The minimum absolute atomic E-state index is 0.172. The number of halogens is 1. The Balaban J connectivity index is 3.12. The number of hydrogen-bond acceptors (Lipinski definition) is 5. The summed E-state index contributed by atoms with van der Waals surface area (Å²) in [5.41, 5.74) is -1.90. The molecule has 0 aliphatic heterocycles. The van der Waals surface area contributed by atoms with Gasteiger partial charge in [-0.3, -0.25) is 14.9 Å². The smallest absolute Gasteiger partial charge is 0.282 e. The lowest BCUT2D eigenvalue weighted by molar-refractivity contribution is -0.385. The fourth-order valence-corrected chi connectivity index (χ4v) is 1.49. The van der Waals surface area contributed by atoms with E-state index < -0.39 is 35.3 Å². The van der Waals surface area contributed by atoms with E-state index in [1.165, 1.54) is 13.0 Å². The predicted octanol–water partition coefficient (Wildman–Crippen LogP) is 0.721. The molecule has 0 aromatic heterocycles. The molecule has 0 aliphatic rings. The van der Waals surface area contributed by atoms with Gasteiger partial charge in [0.05, 0.1) is 23.7 Å². The second kappa shape index (κ2) is 5.96. The molecule has 0 saturated carbocycles. The van der Waals surface area contributed by atoms with Crippen molar-refractivity contribution in [2.75, 3.05) is 13.2 Å². The van der Waals surface area contributed by atoms with E-state index in [9.17, 15) is 14.9 Å². The molecular weight excluding hydrogens is 276 g/mol. The number of hydrogen-bond donors (Lipinski definition) is 3. The van der Waals surface area contributed by atoms with E-state index in [-0.39, 0.29) is 10.6 Å². The predicted molar refractivity (Wildman–Crippen MR) is 68.1 cm³/mol. The van der Waals surface area contributed by atoms with Gasteiger partial charge < -0.3 is 15.5 Å². The van der Waals surface area contributed by atoms with Gasteiger partial charge in [0.25, 0.3) is 11.6 Å². The Hall–Kier alpha value is -1.70. The van der Waals surface area contributed by atoms with E-state index in [1.54, 1.807) is 0 Å². The van der Waals surface area contributed by atoms with Crippen molar-refractivity contribution in [2.24, 2.45) is 0 Å². The van der Waals surface area contributed by atoms with Crippen molar-refractivity contribution >= 4 is 23.2 Å². The maximum Gasteiger partial charge on any atom is 0.282 e. The van der Waals surface area contributed by atoms with Crippen LogP contribution in [0.25, 0.3) is 0 Å². The van der Waals surface area contributed by atoms with Crippen LogP contribution in [0.2, 0.25) is 5.02 Å². The number of carbonyl (C=O) groups excluding carboxylic acids is 1. The minimum Gasteiger partial charge on any atom is -0.394 e. The number of benzene rings is 1. The van der Waals surface area contributed by atoms with Crippen molar-refractivity contribution in [3.05, 3.63) is 38.9 Å². The zero-order valence-corrected chi connectivity index (χ0v) is 10.8. The SMILES string of the molecule is CC(CO)(CO)NC(=O)c1cc(Cl)ccc1[N+](=O)[O-]. The normalized spacial score (nSPS) is 11.2. The first-order valence-corrected chi connectivity index (χ1v) is 5.69. The first-order chi connectivity index (χ1) is 8.83. The van der Waals surface area contributed by atoms with Gasteiger partial charge in [0.15, 0.2) is 0 Å². The number of nitro groups is 1. The Morgan fingerprint density at radius 3 is 2.53 bits per heavy atom. The van der Waals surface area contributed by atoms with Crippen LogP contribution in [0.15, 0.2) is 18.2 Å². The number of nitrogens with zero attached hydrogens (tertiary/aromatic N) is 1. The molecule has 104 valence electrons. The van der Waals surface area contributed by atoms with Crippen LogP contribution in [0, 0.1) is 10.1 Å². The second-order valence-corrected chi connectivity index (χ2v) is 4.69. The summed E-state index contributed by atoms with van der Waals surface area (Å²) in [5, 5.41) is 31.5. The number of nitrogens with one attached hydrogen (secondary N) is 1. The Morgan fingerprint density at radius 1 is 1.47 bits per heavy atom. The third kappa shape index (κ3) is 3.63. The fourth-order valence-electron chi connectivity index (χ4n) is 1.32. The fraction of sp³-hybridized carbons (Fsp3) is 0.364. The molecule has 0 saturated heterocycles. The number of aliphatic hydroxyl groups excluding tert-OH is 2. The third-order valence-corrected chi connectivity index (χ3v) is 2.75. The van der Waals surface area contributed by atoms with Gasteiger partial charge in [-0.25, -0.2) is 0 Å². The highest BCUT2D eigenvalue weighted by atomic mass is 35.5. The number of rotatable bonds is 5. The number of nitro benzene ring substituents is 1. The maximum atomic E-state index is 12.0. The van der Waals surface area contributed by atoms with Crippen molar-refractivity contribution in [3.8, 4) is 0 Å². The molecule has 0 heterocycles. The lowest BCUT2D eigenvalue weighted by Gasteiger charge is -2.26. The highest BCUT2D eigenvalue weighted by molar-refractivity contribution is 6.31. The van der Waals surface area contributed by atoms with Crippen molar-refractivity contribution in [3.63, 3.8) is 0 Å². The molecule has 0 aliphatic carbocycles. The van der Waals surface area contributed by atoms with Gasteiger partial charge >= 0.3 is 0 Å². The zero-order valence-electron chi connectivity index (χ0n) is 10.1. The number of aliphatic hydroxyl groups is 2. The monoisotopic (exact) mass is 288 g/mol. The van der Waals surface area contributed by atoms with Gasteiger partial charge in [-0.15, -0.1) is 0 Å². The molecule has 7 nitrogen and oxygen atoms in total. The minimum atomic E-state index is -1.27. The Morgan fingerprint density at radius 2 is 2.05 bits per heavy atom. The Kier molecular flexibility index (Phi) is 4.82. The number of amides is 1. The van der Waals surface area contributed by atoms with Crippen LogP contribution in [0.1, 0.15) is 17.3 Å². The van der Waals surface area contributed by atoms with Crippen LogP contribution in [0.5, 0.6) is 0 Å². The van der Waals surface area contributed by atoms with E-state index >= 15 is 0 Å². The average molecular weight is 289 g/mol. The van der Waals surface area contributed by atoms with Crippen molar-refractivity contribution in [1.82, 2.24) is 5.32 Å². The third-order valence-electron chi connectivity index (χ3n) is 2.51. The molecule has 8 heteroatoms. The van der Waals surface area contributed by atoms with Crippen LogP contribution < -0.4 is 5.32 Å². The van der Waals surface area contributed by atoms with Crippen molar-refractivity contribution in [1.29, 1.82) is 0 Å².